The summed E-state index contributed by atoms with van der Waals surface area (Å²) in [6.45, 7) is 7.85. The molecule has 0 bridgehead atoms. The second-order valence-corrected chi connectivity index (χ2v) is 9.65. The molecule has 1 aromatic heterocycles. The number of pyridine rings is 1. The van der Waals surface area contributed by atoms with Gasteiger partial charge in [-0.25, -0.2) is 9.79 Å². The number of para-hydroxylation sites is 2. The number of fused-ring (bicyclic) bond motifs is 1. The quantitative estimate of drug-likeness (QED) is 0.593. The third kappa shape index (κ3) is 5.41. The predicted molar refractivity (Wildman–Crippen MR) is 133 cm³/mol. The van der Waals surface area contributed by atoms with Crippen molar-refractivity contribution in [2.75, 3.05) is 11.5 Å². The Balaban J connectivity index is 0.000000198. The number of nitrogens with zero attached hydrogens (tertiary/aromatic N) is 3. The first-order chi connectivity index (χ1) is 16.5. The van der Waals surface area contributed by atoms with Gasteiger partial charge in [-0.2, -0.15) is 0 Å². The van der Waals surface area contributed by atoms with Gasteiger partial charge in [0, 0.05) is 6.20 Å². The summed E-state index contributed by atoms with van der Waals surface area (Å²) in [6.07, 6.45) is 1.47. The number of hydrogen-bond acceptors (Lipinski definition) is 6. The van der Waals surface area contributed by atoms with Crippen LogP contribution in [-0.2, 0) is 9.59 Å². The number of nitrogens with one attached hydrogen (secondary N) is 1. The lowest BCUT2D eigenvalue weighted by Crippen LogP contribution is -2.47. The summed E-state index contributed by atoms with van der Waals surface area (Å²) in [5.41, 5.74) is 0.0441. The number of aromatic nitrogens is 1. The zero-order chi connectivity index (χ0) is 25.9. The molecule has 3 heterocycles. The number of hydrogen-bond donors (Lipinski definition) is 2. The van der Waals surface area contributed by atoms with Crippen LogP contribution in [0.1, 0.15) is 43.7 Å². The topological polar surface area (TPSA) is 121 Å². The highest BCUT2D eigenvalue weighted by molar-refractivity contribution is 6.54. The number of benzene rings is 1. The monoisotopic (exact) mass is 520 g/mol. The number of amides is 2. The summed E-state index contributed by atoms with van der Waals surface area (Å²) in [4.78, 5) is 43.9. The Hall–Kier alpha value is -3.17. The molecule has 0 saturated heterocycles. The highest BCUT2D eigenvalue weighted by atomic mass is 35.5. The van der Waals surface area contributed by atoms with Gasteiger partial charge >= 0.3 is 5.97 Å². The molecular formula is C24H26Cl2N4O5. The number of anilines is 1. The minimum atomic E-state index is -1.10. The molecule has 9 nitrogen and oxygen atoms in total. The maximum Gasteiger partial charge on any atom is 0.338 e. The second-order valence-electron chi connectivity index (χ2n) is 8.56. The van der Waals surface area contributed by atoms with Crippen LogP contribution in [0.15, 0.2) is 47.6 Å². The maximum absolute atomic E-state index is 12.0. The molecule has 0 fully saturated rings. The van der Waals surface area contributed by atoms with E-state index in [1.165, 1.54) is 18.3 Å². The zero-order valence-electron chi connectivity index (χ0n) is 19.7. The first kappa shape index (κ1) is 26.4. The molecule has 4 rings (SSSR count). The van der Waals surface area contributed by atoms with Crippen LogP contribution in [0.3, 0.4) is 0 Å². The fourth-order valence-electron chi connectivity index (χ4n) is 3.56. The number of alkyl halides is 2. The summed E-state index contributed by atoms with van der Waals surface area (Å²) >= 11 is 11.3. The average molecular weight is 521 g/mol. The van der Waals surface area contributed by atoms with Crippen molar-refractivity contribution in [2.45, 2.75) is 44.1 Å². The van der Waals surface area contributed by atoms with Crippen LogP contribution in [0.2, 0.25) is 0 Å². The standard InChI is InChI=1S/C13H15N3O3.C11H11Cl2NO2/c1-7(2)13(3)12(19)15-10(16-13)9-8(11(17)18)5-4-6-14-9;1-7-6-16-9-5-3-2-4-8(9)14(7)11(15)10(12)13/h4-7H,1-3H3,(H,17,18)(H,15,16,19);2-5,7,10H,6H2,1H3. The number of aromatic carboxylic acids is 1. The van der Waals surface area contributed by atoms with Gasteiger partial charge in [-0.3, -0.25) is 14.6 Å². The van der Waals surface area contributed by atoms with Gasteiger partial charge in [0.15, 0.2) is 10.7 Å². The van der Waals surface area contributed by atoms with Gasteiger partial charge in [-0.05, 0) is 44.0 Å². The van der Waals surface area contributed by atoms with Gasteiger partial charge < -0.3 is 20.1 Å². The predicted octanol–water partition coefficient (Wildman–Crippen LogP) is 3.68. The lowest BCUT2D eigenvalue weighted by molar-refractivity contribution is -0.124. The molecule has 0 spiro atoms. The van der Waals surface area contributed by atoms with Crippen LogP contribution in [0, 0.1) is 5.92 Å². The zero-order valence-corrected chi connectivity index (χ0v) is 21.2. The van der Waals surface area contributed by atoms with E-state index in [-0.39, 0.29) is 40.9 Å². The van der Waals surface area contributed by atoms with E-state index >= 15 is 0 Å². The molecule has 186 valence electrons. The first-order valence-corrected chi connectivity index (χ1v) is 11.8. The van der Waals surface area contributed by atoms with Crippen molar-refractivity contribution in [1.82, 2.24) is 10.3 Å². The second kappa shape index (κ2) is 10.6. The number of carbonyl (C=O) groups is 3. The third-order valence-electron chi connectivity index (χ3n) is 5.89. The van der Waals surface area contributed by atoms with E-state index in [1.54, 1.807) is 11.8 Å². The van der Waals surface area contributed by atoms with Crippen molar-refractivity contribution < 1.29 is 24.2 Å². The van der Waals surface area contributed by atoms with Gasteiger partial charge in [0.2, 0.25) is 0 Å². The number of amidine groups is 1. The minimum Gasteiger partial charge on any atom is -0.489 e. The molecule has 35 heavy (non-hydrogen) atoms. The summed E-state index contributed by atoms with van der Waals surface area (Å²) in [5, 5.41) is 11.7. The Labute approximate surface area is 213 Å². The van der Waals surface area contributed by atoms with E-state index in [4.69, 9.17) is 33.0 Å². The molecule has 2 unspecified atom stereocenters. The van der Waals surface area contributed by atoms with Crippen LogP contribution in [-0.4, -0.2) is 56.7 Å². The molecule has 0 radical (unpaired) electrons. The lowest BCUT2D eigenvalue weighted by atomic mass is 9.89. The number of halogens is 2. The fourth-order valence-corrected chi connectivity index (χ4v) is 3.77. The third-order valence-corrected chi connectivity index (χ3v) is 6.27. The van der Waals surface area contributed by atoms with Gasteiger partial charge in [0.1, 0.15) is 23.6 Å². The van der Waals surface area contributed by atoms with Crippen LogP contribution in [0.25, 0.3) is 0 Å². The molecule has 2 N–H and O–H groups in total. The van der Waals surface area contributed by atoms with Crippen LogP contribution < -0.4 is 15.0 Å². The highest BCUT2D eigenvalue weighted by Gasteiger charge is 2.43. The van der Waals surface area contributed by atoms with Crippen LogP contribution in [0.4, 0.5) is 5.69 Å². The van der Waals surface area contributed by atoms with Crippen molar-refractivity contribution in [3.05, 3.63) is 53.9 Å². The van der Waals surface area contributed by atoms with E-state index in [0.717, 1.165) is 5.69 Å². The van der Waals surface area contributed by atoms with Crippen molar-refractivity contribution in [3.8, 4) is 5.75 Å². The molecule has 2 aliphatic heterocycles. The minimum absolute atomic E-state index is 0.00184. The van der Waals surface area contributed by atoms with Crippen molar-refractivity contribution in [3.63, 3.8) is 0 Å². The lowest BCUT2D eigenvalue weighted by Gasteiger charge is -2.35. The van der Waals surface area contributed by atoms with Crippen molar-refractivity contribution in [1.29, 1.82) is 0 Å². The van der Waals surface area contributed by atoms with Crippen LogP contribution >= 0.6 is 23.2 Å². The molecule has 2 amide bonds. The smallest absolute Gasteiger partial charge is 0.338 e. The van der Waals surface area contributed by atoms with Crippen molar-refractivity contribution in [2.24, 2.45) is 10.9 Å². The summed E-state index contributed by atoms with van der Waals surface area (Å²) in [6, 6.07) is 10.2. The molecule has 2 aliphatic rings. The SMILES string of the molecule is CC(C)C1(C)N=C(c2ncccc2C(=O)O)NC1=O.CC1COc2ccccc2N1C(=O)C(Cl)Cl. The van der Waals surface area contributed by atoms with Gasteiger partial charge in [-0.15, -0.1) is 0 Å². The molecule has 0 saturated carbocycles. The first-order valence-electron chi connectivity index (χ1n) is 10.9. The molecule has 2 aromatic rings. The Morgan fingerprint density at radius 2 is 1.91 bits per heavy atom. The van der Waals surface area contributed by atoms with Crippen LogP contribution in [0.5, 0.6) is 5.75 Å². The highest BCUT2D eigenvalue weighted by Crippen LogP contribution is 2.34. The Morgan fingerprint density at radius 1 is 1.23 bits per heavy atom. The normalized spacial score (nSPS) is 20.9. The number of carbonyl (C=O) groups excluding carboxylic acids is 2. The van der Waals surface area contributed by atoms with E-state index in [2.05, 4.69) is 15.3 Å². The number of aliphatic imine (C=N–C) groups is 1. The largest absolute Gasteiger partial charge is 0.489 e. The number of ether oxygens (including phenoxy) is 1. The molecule has 0 aliphatic carbocycles. The van der Waals surface area contributed by atoms with E-state index < -0.39 is 16.3 Å². The van der Waals surface area contributed by atoms with Gasteiger partial charge in [0.25, 0.3) is 11.8 Å². The molecule has 11 heteroatoms. The molecule has 1 aromatic carbocycles. The van der Waals surface area contributed by atoms with E-state index in [9.17, 15) is 14.4 Å². The Kier molecular flexibility index (Phi) is 8.02. The molecule has 2 atom stereocenters. The van der Waals surface area contributed by atoms with Gasteiger partial charge in [-0.1, -0.05) is 49.2 Å². The van der Waals surface area contributed by atoms with E-state index in [0.29, 0.717) is 12.4 Å². The Bertz CT molecular complexity index is 1170. The maximum atomic E-state index is 12.0. The summed E-state index contributed by atoms with van der Waals surface area (Å²) in [5.74, 6) is -0.742. The number of rotatable bonds is 4. The number of carboxylic acids is 1. The summed E-state index contributed by atoms with van der Waals surface area (Å²) in [7, 11) is 0. The van der Waals surface area contributed by atoms with E-state index in [1.807, 2.05) is 45.0 Å². The fraction of sp³-hybridized carbons (Fsp3) is 0.375. The summed E-state index contributed by atoms with van der Waals surface area (Å²) < 4.78 is 5.52. The average Bonchev–Trinajstić information content (AvgIpc) is 3.14. The van der Waals surface area contributed by atoms with Gasteiger partial charge in [0.05, 0.1) is 17.3 Å². The van der Waals surface area contributed by atoms with Crippen molar-refractivity contribution >= 4 is 52.5 Å². The Morgan fingerprint density at radius 3 is 2.51 bits per heavy atom. The number of carboxylic acid groups (broad SMARTS) is 1. The molecular weight excluding hydrogens is 495 g/mol.